The molecule has 4 N–H and O–H groups in total. The Morgan fingerprint density at radius 1 is 1.38 bits per heavy atom. The smallest absolute Gasteiger partial charge is 0.312 e. The van der Waals surface area contributed by atoms with E-state index in [9.17, 15) is 9.59 Å². The number of rotatable bonds is 5. The van der Waals surface area contributed by atoms with Crippen LogP contribution in [0.4, 0.5) is 10.6 Å². The van der Waals surface area contributed by atoms with Gasteiger partial charge in [0, 0.05) is 25.8 Å². The molecule has 3 amide bonds. The zero-order valence-electron chi connectivity index (χ0n) is 14.3. The van der Waals surface area contributed by atoms with E-state index in [1.807, 2.05) is 26.0 Å². The highest BCUT2D eigenvalue weighted by Crippen LogP contribution is 2.18. The summed E-state index contributed by atoms with van der Waals surface area (Å²) in [6.07, 6.45) is 2.09. The first-order chi connectivity index (χ1) is 11.3. The molecule has 24 heavy (non-hydrogen) atoms. The predicted octanol–water partition coefficient (Wildman–Crippen LogP) is 0.368. The monoisotopic (exact) mass is 335 g/mol. The lowest BCUT2D eigenvalue weighted by atomic mass is 10.2. The number of urea groups is 1. The number of hydrogen-bond acceptors (Lipinski definition) is 5. The van der Waals surface area contributed by atoms with Crippen molar-refractivity contribution in [3.8, 4) is 0 Å². The molecule has 0 spiro atoms. The van der Waals surface area contributed by atoms with E-state index in [0.29, 0.717) is 6.54 Å². The highest BCUT2D eigenvalue weighted by atomic mass is 16.5. The molecule has 2 heterocycles. The van der Waals surface area contributed by atoms with Crippen LogP contribution in [0.15, 0.2) is 18.3 Å². The minimum atomic E-state index is -0.724. The molecule has 0 saturated carbocycles. The van der Waals surface area contributed by atoms with Gasteiger partial charge >= 0.3 is 6.03 Å². The lowest BCUT2D eigenvalue weighted by Gasteiger charge is -2.36. The average molecular weight is 335 g/mol. The Morgan fingerprint density at radius 2 is 2.04 bits per heavy atom. The third-order valence-electron chi connectivity index (χ3n) is 3.77. The number of carbonyl (C=O) groups excluding carboxylic acids is 2. The van der Waals surface area contributed by atoms with Crippen molar-refractivity contribution in [2.45, 2.75) is 45.6 Å². The van der Waals surface area contributed by atoms with E-state index in [2.05, 4.69) is 20.5 Å². The van der Waals surface area contributed by atoms with Gasteiger partial charge in [0.2, 0.25) is 5.91 Å². The maximum atomic E-state index is 11.8. The number of nitrogens with two attached hydrogens (primary N) is 1. The number of morpholine rings is 1. The molecule has 0 radical (unpaired) electrons. The molecule has 1 saturated heterocycles. The van der Waals surface area contributed by atoms with Crippen LogP contribution in [0.3, 0.4) is 0 Å². The van der Waals surface area contributed by atoms with Crippen LogP contribution in [0.2, 0.25) is 0 Å². The van der Waals surface area contributed by atoms with Crippen LogP contribution in [0, 0.1) is 0 Å². The van der Waals surface area contributed by atoms with Crippen LogP contribution in [-0.4, -0.2) is 48.3 Å². The SMILES string of the molecule is CC1CN(c2ccc(CNC(=O)C(C)NC(N)=O)cn2)CC(C)O1. The largest absolute Gasteiger partial charge is 0.372 e. The Bertz CT molecular complexity index is 568. The fourth-order valence-electron chi connectivity index (χ4n) is 2.69. The zero-order chi connectivity index (χ0) is 17.7. The van der Waals surface area contributed by atoms with Crippen LogP contribution in [0.5, 0.6) is 0 Å². The summed E-state index contributed by atoms with van der Waals surface area (Å²) in [5.41, 5.74) is 5.87. The van der Waals surface area contributed by atoms with Gasteiger partial charge < -0.3 is 26.0 Å². The molecule has 0 bridgehead atoms. The summed E-state index contributed by atoms with van der Waals surface area (Å²) >= 11 is 0. The molecule has 1 aromatic heterocycles. The summed E-state index contributed by atoms with van der Waals surface area (Å²) < 4.78 is 5.72. The number of anilines is 1. The van der Waals surface area contributed by atoms with Crippen LogP contribution in [0.1, 0.15) is 26.3 Å². The Hall–Kier alpha value is -2.35. The van der Waals surface area contributed by atoms with Crippen LogP contribution in [0.25, 0.3) is 0 Å². The van der Waals surface area contributed by atoms with Gasteiger partial charge in [-0.3, -0.25) is 4.79 Å². The van der Waals surface area contributed by atoms with Crippen molar-refractivity contribution in [3.63, 3.8) is 0 Å². The second-order valence-electron chi connectivity index (χ2n) is 6.14. The number of carbonyl (C=O) groups is 2. The van der Waals surface area contributed by atoms with Gasteiger partial charge in [0.1, 0.15) is 11.9 Å². The van der Waals surface area contributed by atoms with E-state index in [1.165, 1.54) is 0 Å². The topological polar surface area (TPSA) is 110 Å². The normalized spacial score (nSPS) is 21.9. The molecule has 0 aliphatic carbocycles. The molecular weight excluding hydrogens is 310 g/mol. The molecule has 1 aliphatic rings. The molecule has 132 valence electrons. The van der Waals surface area contributed by atoms with Crippen molar-refractivity contribution in [2.75, 3.05) is 18.0 Å². The van der Waals surface area contributed by atoms with Crippen LogP contribution >= 0.6 is 0 Å². The highest BCUT2D eigenvalue weighted by Gasteiger charge is 2.23. The van der Waals surface area contributed by atoms with Gasteiger partial charge in [0.05, 0.1) is 12.2 Å². The fourth-order valence-corrected chi connectivity index (χ4v) is 2.69. The maximum absolute atomic E-state index is 11.8. The minimum absolute atomic E-state index is 0.175. The molecule has 1 fully saturated rings. The lowest BCUT2D eigenvalue weighted by Crippen LogP contribution is -2.46. The quantitative estimate of drug-likeness (QED) is 0.720. The van der Waals surface area contributed by atoms with Crippen molar-refractivity contribution in [1.82, 2.24) is 15.6 Å². The molecule has 3 unspecified atom stereocenters. The Labute approximate surface area is 141 Å². The van der Waals surface area contributed by atoms with Crippen LogP contribution in [-0.2, 0) is 16.1 Å². The third-order valence-corrected chi connectivity index (χ3v) is 3.77. The first-order valence-electron chi connectivity index (χ1n) is 8.04. The van der Waals surface area contributed by atoms with Crippen molar-refractivity contribution in [3.05, 3.63) is 23.9 Å². The summed E-state index contributed by atoms with van der Waals surface area (Å²) in [7, 11) is 0. The van der Waals surface area contributed by atoms with Crippen molar-refractivity contribution >= 4 is 17.8 Å². The van der Waals surface area contributed by atoms with Gasteiger partial charge in [0.25, 0.3) is 0 Å². The molecule has 8 nitrogen and oxygen atoms in total. The van der Waals surface area contributed by atoms with Gasteiger partial charge in [-0.15, -0.1) is 0 Å². The number of primary amides is 1. The first-order valence-corrected chi connectivity index (χ1v) is 8.04. The van der Waals surface area contributed by atoms with Crippen molar-refractivity contribution < 1.29 is 14.3 Å². The number of amides is 3. The molecule has 8 heteroatoms. The molecule has 1 aromatic rings. The van der Waals surface area contributed by atoms with E-state index < -0.39 is 12.1 Å². The number of ether oxygens (including phenoxy) is 1. The zero-order valence-corrected chi connectivity index (χ0v) is 14.3. The van der Waals surface area contributed by atoms with E-state index >= 15 is 0 Å². The summed E-state index contributed by atoms with van der Waals surface area (Å²) in [4.78, 5) is 29.2. The van der Waals surface area contributed by atoms with Gasteiger partial charge in [0.15, 0.2) is 0 Å². The number of nitrogens with one attached hydrogen (secondary N) is 2. The number of hydrogen-bond donors (Lipinski definition) is 3. The van der Waals surface area contributed by atoms with Crippen molar-refractivity contribution in [2.24, 2.45) is 5.73 Å². The summed E-state index contributed by atoms with van der Waals surface area (Å²) in [6, 6.07) is 2.47. The summed E-state index contributed by atoms with van der Waals surface area (Å²) in [6.45, 7) is 7.63. The first kappa shape index (κ1) is 18.0. The average Bonchev–Trinajstić information content (AvgIpc) is 2.51. The van der Waals surface area contributed by atoms with E-state index in [4.69, 9.17) is 10.5 Å². The van der Waals surface area contributed by atoms with Crippen LogP contribution < -0.4 is 21.3 Å². The third kappa shape index (κ3) is 5.09. The predicted molar refractivity (Wildman–Crippen MR) is 90.5 cm³/mol. The second kappa shape index (κ2) is 7.96. The van der Waals surface area contributed by atoms with Gasteiger partial charge in [-0.2, -0.15) is 0 Å². The summed E-state index contributed by atoms with van der Waals surface area (Å²) in [5.74, 6) is 0.601. The standard InChI is InChI=1S/C16H25N5O3/c1-10-8-21(9-11(2)24-10)14-5-4-13(6-18-14)7-19-15(22)12(3)20-16(17)23/h4-6,10-12H,7-9H2,1-3H3,(H,19,22)(H3,17,20,23). The van der Waals surface area contributed by atoms with Crippen molar-refractivity contribution in [1.29, 1.82) is 0 Å². The lowest BCUT2D eigenvalue weighted by molar-refractivity contribution is -0.122. The number of pyridine rings is 1. The number of nitrogens with zero attached hydrogens (tertiary/aromatic N) is 2. The fraction of sp³-hybridized carbons (Fsp3) is 0.562. The number of aromatic nitrogens is 1. The molecular formula is C16H25N5O3. The highest BCUT2D eigenvalue weighted by molar-refractivity contribution is 5.86. The molecule has 2 rings (SSSR count). The van der Waals surface area contributed by atoms with E-state index in [0.717, 1.165) is 24.5 Å². The van der Waals surface area contributed by atoms with E-state index in [-0.39, 0.29) is 18.1 Å². The molecule has 1 aliphatic heterocycles. The molecule has 0 aromatic carbocycles. The Kier molecular flexibility index (Phi) is 5.97. The van der Waals surface area contributed by atoms with E-state index in [1.54, 1.807) is 13.1 Å². The van der Waals surface area contributed by atoms with Gasteiger partial charge in [-0.05, 0) is 32.4 Å². The minimum Gasteiger partial charge on any atom is -0.372 e. The maximum Gasteiger partial charge on any atom is 0.312 e. The van der Waals surface area contributed by atoms with Gasteiger partial charge in [-0.25, -0.2) is 9.78 Å². The second-order valence-corrected chi connectivity index (χ2v) is 6.14. The Morgan fingerprint density at radius 3 is 2.58 bits per heavy atom. The summed E-state index contributed by atoms with van der Waals surface area (Å²) in [5, 5.41) is 5.07. The van der Waals surface area contributed by atoms with Gasteiger partial charge in [-0.1, -0.05) is 6.07 Å². The Balaban J connectivity index is 1.88. The molecule has 3 atom stereocenters.